The van der Waals surface area contributed by atoms with Gasteiger partial charge in [0.05, 0.1) is 41.0 Å². The smallest absolute Gasteiger partial charge is 0.475 e. The number of rotatable bonds is 12. The summed E-state index contributed by atoms with van der Waals surface area (Å²) in [5, 5.41) is 34.0. The van der Waals surface area contributed by atoms with E-state index in [-0.39, 0.29) is 5.92 Å². The molecular weight excluding hydrogens is 459 g/mol. The van der Waals surface area contributed by atoms with Gasteiger partial charge in [0.15, 0.2) is 11.5 Å². The molecule has 0 saturated heterocycles. The molecule has 0 aliphatic heterocycles. The quantitative estimate of drug-likeness (QED) is 0.248. The molecule has 1 aromatic carbocycles. The highest BCUT2D eigenvalue weighted by Gasteiger charge is 2.36. The molecule has 3 atom stereocenters. The van der Waals surface area contributed by atoms with Gasteiger partial charge in [-0.3, -0.25) is 9.59 Å². The predicted molar refractivity (Wildman–Crippen MR) is 129 cm³/mol. The number of amides is 2. The lowest BCUT2D eigenvalue weighted by atomic mass is 9.75. The summed E-state index contributed by atoms with van der Waals surface area (Å²) >= 11 is 0. The molecule has 0 radical (unpaired) electrons. The maximum atomic E-state index is 13.1. The molecule has 1 aromatic rings. The van der Waals surface area contributed by atoms with Crippen LogP contribution in [0.1, 0.15) is 37.8 Å². The summed E-state index contributed by atoms with van der Waals surface area (Å²) in [6.45, 7) is 3.11. The van der Waals surface area contributed by atoms with E-state index >= 15 is 0 Å². The van der Waals surface area contributed by atoms with E-state index in [1.807, 2.05) is 13.8 Å². The Morgan fingerprint density at radius 1 is 0.943 bits per heavy atom. The van der Waals surface area contributed by atoms with Gasteiger partial charge in [-0.05, 0) is 31.6 Å². The minimum atomic E-state index is -1.76. The lowest BCUT2D eigenvalue weighted by Gasteiger charge is -2.30. The van der Waals surface area contributed by atoms with Crippen LogP contribution in [0, 0.1) is 11.8 Å². The molecule has 2 amide bonds. The van der Waals surface area contributed by atoms with Gasteiger partial charge in [-0.1, -0.05) is 13.8 Å². The standard InChI is InChI=1S/C23H37BN2O9/c1-12(2)9-17(24(30)31)26-23(29)16(11-27)25-22(28)13-7-8-14-15(10-13)19(33-4)21(35-6)20(34-5)18(14)32-3/h12-13,16-17,27,30-31H,7-11H2,1-6H3,(H,25,28)(H,26,29)/t13?,16-,17-/m0/s1. The molecule has 5 N–H and O–H groups in total. The van der Waals surface area contributed by atoms with Gasteiger partial charge < -0.3 is 44.7 Å². The third-order valence-electron chi connectivity index (χ3n) is 6.14. The van der Waals surface area contributed by atoms with Crippen LogP contribution in [0.25, 0.3) is 0 Å². The van der Waals surface area contributed by atoms with Crippen molar-refractivity contribution in [3.05, 3.63) is 11.1 Å². The lowest BCUT2D eigenvalue weighted by Crippen LogP contribution is -2.56. The van der Waals surface area contributed by atoms with Crippen LogP contribution in [-0.2, 0) is 22.4 Å². The normalized spacial score (nSPS) is 16.6. The van der Waals surface area contributed by atoms with Crippen molar-refractivity contribution in [3.8, 4) is 23.0 Å². The van der Waals surface area contributed by atoms with Crippen LogP contribution in [0.15, 0.2) is 0 Å². The molecular formula is C23H37BN2O9. The fourth-order valence-electron chi connectivity index (χ4n) is 4.46. The summed E-state index contributed by atoms with van der Waals surface area (Å²) in [4.78, 5) is 25.7. The molecule has 0 bridgehead atoms. The van der Waals surface area contributed by atoms with Crippen molar-refractivity contribution in [1.82, 2.24) is 10.6 Å². The average Bonchev–Trinajstić information content (AvgIpc) is 2.83. The van der Waals surface area contributed by atoms with Crippen LogP contribution >= 0.6 is 0 Å². The van der Waals surface area contributed by atoms with Gasteiger partial charge >= 0.3 is 7.12 Å². The van der Waals surface area contributed by atoms with Crippen molar-refractivity contribution in [1.29, 1.82) is 0 Å². The molecule has 1 unspecified atom stereocenters. The summed E-state index contributed by atoms with van der Waals surface area (Å²) in [5.41, 5.74) is 1.61. The Balaban J connectivity index is 2.23. The minimum Gasteiger partial charge on any atom is -0.492 e. The molecule has 0 heterocycles. The highest BCUT2D eigenvalue weighted by atomic mass is 16.5. The third kappa shape index (κ3) is 6.50. The van der Waals surface area contributed by atoms with Crippen molar-refractivity contribution in [2.24, 2.45) is 11.8 Å². The summed E-state index contributed by atoms with van der Waals surface area (Å²) in [5.74, 6) is -0.704. The number of carbonyl (C=O) groups excluding carboxylic acids is 2. The maximum Gasteiger partial charge on any atom is 0.475 e. The molecule has 0 spiro atoms. The van der Waals surface area contributed by atoms with E-state index in [2.05, 4.69) is 10.6 Å². The lowest BCUT2D eigenvalue weighted by molar-refractivity contribution is -0.132. The Kier molecular flexibility index (Phi) is 10.5. The van der Waals surface area contributed by atoms with Crippen LogP contribution in [-0.4, -0.2) is 81.1 Å². The van der Waals surface area contributed by atoms with E-state index in [0.717, 1.165) is 11.1 Å². The molecule has 1 aliphatic carbocycles. The van der Waals surface area contributed by atoms with Gasteiger partial charge in [-0.25, -0.2) is 0 Å². The zero-order valence-electron chi connectivity index (χ0n) is 21.2. The SMILES string of the molecule is COc1c2c(c(OC)c(OC)c1OC)CC(C(=O)N[C@@H](CO)C(=O)N[C@@H](CC(C)C)B(O)O)CC2. The Labute approximate surface area is 206 Å². The average molecular weight is 496 g/mol. The Morgan fingerprint density at radius 2 is 1.49 bits per heavy atom. The number of ether oxygens (including phenoxy) is 4. The summed E-state index contributed by atoms with van der Waals surface area (Å²) < 4.78 is 22.2. The molecule has 0 saturated carbocycles. The van der Waals surface area contributed by atoms with E-state index < -0.39 is 43.4 Å². The number of fused-ring (bicyclic) bond motifs is 1. The predicted octanol–water partition coefficient (Wildman–Crippen LogP) is -0.154. The molecule has 0 fully saturated rings. The van der Waals surface area contributed by atoms with Crippen molar-refractivity contribution in [3.63, 3.8) is 0 Å². The van der Waals surface area contributed by atoms with Gasteiger partial charge in [-0.15, -0.1) is 0 Å². The highest BCUT2D eigenvalue weighted by Crippen LogP contribution is 2.52. The fraction of sp³-hybridized carbons (Fsp3) is 0.652. The molecule has 35 heavy (non-hydrogen) atoms. The highest BCUT2D eigenvalue weighted by molar-refractivity contribution is 6.43. The third-order valence-corrected chi connectivity index (χ3v) is 6.14. The summed E-state index contributed by atoms with van der Waals surface area (Å²) in [7, 11) is 4.26. The number of methoxy groups -OCH3 is 4. The second-order valence-corrected chi connectivity index (χ2v) is 8.93. The first kappa shape index (κ1) is 28.5. The Morgan fingerprint density at radius 3 is 1.94 bits per heavy atom. The van der Waals surface area contributed by atoms with Crippen LogP contribution in [0.2, 0.25) is 0 Å². The van der Waals surface area contributed by atoms with E-state index in [9.17, 15) is 24.7 Å². The topological polar surface area (TPSA) is 156 Å². The van der Waals surface area contributed by atoms with E-state index in [1.54, 1.807) is 0 Å². The first-order chi connectivity index (χ1) is 16.6. The molecule has 2 rings (SSSR count). The number of nitrogens with one attached hydrogen (secondary N) is 2. The first-order valence-electron chi connectivity index (χ1n) is 11.6. The second-order valence-electron chi connectivity index (χ2n) is 8.93. The number of benzene rings is 1. The van der Waals surface area contributed by atoms with Crippen molar-refractivity contribution >= 4 is 18.9 Å². The largest absolute Gasteiger partial charge is 0.492 e. The number of aliphatic hydroxyl groups excluding tert-OH is 1. The van der Waals surface area contributed by atoms with Gasteiger partial charge in [0.2, 0.25) is 23.3 Å². The van der Waals surface area contributed by atoms with Gasteiger partial charge in [-0.2, -0.15) is 0 Å². The minimum absolute atomic E-state index is 0.0918. The zero-order chi connectivity index (χ0) is 26.3. The van der Waals surface area contributed by atoms with Crippen LogP contribution in [0.4, 0.5) is 0 Å². The Bertz CT molecular complexity index is 869. The maximum absolute atomic E-state index is 13.1. The molecule has 12 heteroatoms. The molecule has 196 valence electrons. The van der Waals surface area contributed by atoms with Crippen LogP contribution < -0.4 is 29.6 Å². The zero-order valence-corrected chi connectivity index (χ0v) is 21.2. The second kappa shape index (κ2) is 12.8. The monoisotopic (exact) mass is 496 g/mol. The van der Waals surface area contributed by atoms with Crippen LogP contribution in [0.5, 0.6) is 23.0 Å². The number of carbonyl (C=O) groups is 2. The molecule has 0 aromatic heterocycles. The fourth-order valence-corrected chi connectivity index (χ4v) is 4.46. The molecule has 11 nitrogen and oxygen atoms in total. The van der Waals surface area contributed by atoms with Crippen molar-refractivity contribution in [2.45, 2.75) is 51.5 Å². The summed E-state index contributed by atoms with van der Waals surface area (Å²) in [6.07, 6.45) is 1.59. The summed E-state index contributed by atoms with van der Waals surface area (Å²) in [6, 6.07) is -1.24. The van der Waals surface area contributed by atoms with Crippen molar-refractivity contribution < 1.29 is 43.7 Å². The van der Waals surface area contributed by atoms with Crippen molar-refractivity contribution in [2.75, 3.05) is 35.0 Å². The molecule has 1 aliphatic rings. The van der Waals surface area contributed by atoms with Gasteiger partial charge in [0.1, 0.15) is 6.04 Å². The number of aliphatic hydroxyl groups is 1. The number of hydrogen-bond acceptors (Lipinski definition) is 9. The van der Waals surface area contributed by atoms with Gasteiger partial charge in [0.25, 0.3) is 0 Å². The van der Waals surface area contributed by atoms with E-state index in [4.69, 9.17) is 18.9 Å². The van der Waals surface area contributed by atoms with E-state index in [0.29, 0.717) is 48.7 Å². The van der Waals surface area contributed by atoms with Gasteiger partial charge in [0, 0.05) is 17.0 Å². The van der Waals surface area contributed by atoms with E-state index in [1.165, 1.54) is 28.4 Å². The number of hydrogen-bond donors (Lipinski definition) is 5. The Hall–Kier alpha value is -2.70. The first-order valence-corrected chi connectivity index (χ1v) is 11.6. The van der Waals surface area contributed by atoms with Crippen LogP contribution in [0.3, 0.4) is 0 Å².